The van der Waals surface area contributed by atoms with Crippen LogP contribution < -0.4 is 0 Å². The number of aliphatic hydroxyl groups is 1. The molecule has 76 valence electrons. The van der Waals surface area contributed by atoms with Crippen LogP contribution in [-0.2, 0) is 6.42 Å². The Kier molecular flexibility index (Phi) is 2.36. The first-order chi connectivity index (χ1) is 6.59. The first-order valence-corrected chi connectivity index (χ1v) is 5.38. The van der Waals surface area contributed by atoms with Gasteiger partial charge in [-0.2, -0.15) is 0 Å². The molecule has 0 atom stereocenters. The van der Waals surface area contributed by atoms with Gasteiger partial charge in [0.1, 0.15) is 0 Å². The fraction of sp³-hybridized carbons (Fsp3) is 0.538. The highest BCUT2D eigenvalue weighted by molar-refractivity contribution is 5.30. The molecule has 1 aromatic rings. The maximum absolute atomic E-state index is 9.74. The van der Waals surface area contributed by atoms with Gasteiger partial charge in [0.05, 0.1) is 5.60 Å². The summed E-state index contributed by atoms with van der Waals surface area (Å²) in [7, 11) is 0. The Morgan fingerprint density at radius 1 is 1.29 bits per heavy atom. The summed E-state index contributed by atoms with van der Waals surface area (Å²) < 4.78 is 0. The normalized spacial score (nSPS) is 18.2. The molecular formula is C13H18O. The van der Waals surface area contributed by atoms with Gasteiger partial charge in [0, 0.05) is 0 Å². The minimum atomic E-state index is -0.308. The van der Waals surface area contributed by atoms with Crippen LogP contribution in [0.3, 0.4) is 0 Å². The highest BCUT2D eigenvalue weighted by Crippen LogP contribution is 2.39. The van der Waals surface area contributed by atoms with Crippen LogP contribution in [0.5, 0.6) is 0 Å². The van der Waals surface area contributed by atoms with E-state index in [2.05, 4.69) is 32.0 Å². The van der Waals surface area contributed by atoms with E-state index in [1.165, 1.54) is 16.7 Å². The van der Waals surface area contributed by atoms with E-state index in [9.17, 15) is 5.11 Å². The van der Waals surface area contributed by atoms with Crippen molar-refractivity contribution < 1.29 is 5.11 Å². The molecule has 1 N–H and O–H groups in total. The molecular weight excluding hydrogens is 172 g/mol. The summed E-state index contributed by atoms with van der Waals surface area (Å²) in [6.07, 6.45) is 3.94. The molecule has 0 spiro atoms. The lowest BCUT2D eigenvalue weighted by Crippen LogP contribution is -2.08. The van der Waals surface area contributed by atoms with Crippen molar-refractivity contribution in [3.8, 4) is 0 Å². The third-order valence-corrected chi connectivity index (χ3v) is 3.18. The van der Waals surface area contributed by atoms with Crippen LogP contribution in [0.4, 0.5) is 0 Å². The van der Waals surface area contributed by atoms with Crippen LogP contribution in [0.15, 0.2) is 18.2 Å². The van der Waals surface area contributed by atoms with Gasteiger partial charge in [0.2, 0.25) is 0 Å². The highest BCUT2D eigenvalue weighted by atomic mass is 16.3. The Morgan fingerprint density at radius 2 is 2.00 bits per heavy atom. The van der Waals surface area contributed by atoms with Crippen LogP contribution >= 0.6 is 0 Å². The highest BCUT2D eigenvalue weighted by Gasteiger charge is 2.39. The van der Waals surface area contributed by atoms with E-state index in [4.69, 9.17) is 0 Å². The molecule has 1 fully saturated rings. The second kappa shape index (κ2) is 3.39. The Morgan fingerprint density at radius 3 is 2.57 bits per heavy atom. The summed E-state index contributed by atoms with van der Waals surface area (Å²) in [6, 6.07) is 6.56. The van der Waals surface area contributed by atoms with Crippen molar-refractivity contribution in [2.75, 3.05) is 0 Å². The SMILES string of the molecule is Cc1ccc(CCC2(O)CC2)c(C)c1. The lowest BCUT2D eigenvalue weighted by molar-refractivity contribution is 0.140. The Bertz CT molecular complexity index is 337. The van der Waals surface area contributed by atoms with E-state index in [1.807, 2.05) is 0 Å². The monoisotopic (exact) mass is 190 g/mol. The van der Waals surface area contributed by atoms with E-state index >= 15 is 0 Å². The van der Waals surface area contributed by atoms with Gasteiger partial charge in [-0.05, 0) is 50.7 Å². The van der Waals surface area contributed by atoms with Crippen LogP contribution in [-0.4, -0.2) is 10.7 Å². The fourth-order valence-corrected chi connectivity index (χ4v) is 1.89. The van der Waals surface area contributed by atoms with E-state index in [0.717, 1.165) is 25.7 Å². The molecule has 0 unspecified atom stereocenters. The predicted octanol–water partition coefficient (Wildman–Crippen LogP) is 2.76. The van der Waals surface area contributed by atoms with Gasteiger partial charge in [-0.3, -0.25) is 0 Å². The molecule has 1 saturated carbocycles. The zero-order valence-electron chi connectivity index (χ0n) is 9.01. The maximum Gasteiger partial charge on any atom is 0.0653 e. The van der Waals surface area contributed by atoms with Crippen LogP contribution in [0.2, 0.25) is 0 Å². The Labute approximate surface area is 85.8 Å². The van der Waals surface area contributed by atoms with Crippen LogP contribution in [0.25, 0.3) is 0 Å². The van der Waals surface area contributed by atoms with Crippen molar-refractivity contribution in [3.63, 3.8) is 0 Å². The van der Waals surface area contributed by atoms with Gasteiger partial charge in [0.25, 0.3) is 0 Å². The number of aryl methyl sites for hydroxylation is 3. The molecule has 1 aromatic carbocycles. The summed E-state index contributed by atoms with van der Waals surface area (Å²) in [5.41, 5.74) is 3.75. The first-order valence-electron chi connectivity index (χ1n) is 5.38. The number of rotatable bonds is 3. The summed E-state index contributed by atoms with van der Waals surface area (Å²) >= 11 is 0. The average Bonchev–Trinajstić information content (AvgIpc) is 2.83. The maximum atomic E-state index is 9.74. The third kappa shape index (κ3) is 2.16. The zero-order chi connectivity index (χ0) is 10.2. The third-order valence-electron chi connectivity index (χ3n) is 3.18. The molecule has 0 aliphatic heterocycles. The van der Waals surface area contributed by atoms with Crippen LogP contribution in [0.1, 0.15) is 36.0 Å². The predicted molar refractivity (Wildman–Crippen MR) is 58.4 cm³/mol. The largest absolute Gasteiger partial charge is 0.390 e. The van der Waals surface area contributed by atoms with E-state index in [0.29, 0.717) is 0 Å². The second-order valence-electron chi connectivity index (χ2n) is 4.65. The molecule has 0 saturated heterocycles. The second-order valence-corrected chi connectivity index (χ2v) is 4.65. The van der Waals surface area contributed by atoms with Gasteiger partial charge < -0.3 is 5.11 Å². The standard InChI is InChI=1S/C13H18O/c1-10-3-4-12(11(2)9-10)5-6-13(14)7-8-13/h3-4,9,14H,5-8H2,1-2H3. The molecule has 2 rings (SSSR count). The number of hydrogen-bond donors (Lipinski definition) is 1. The number of hydrogen-bond acceptors (Lipinski definition) is 1. The van der Waals surface area contributed by atoms with Crippen molar-refractivity contribution >= 4 is 0 Å². The van der Waals surface area contributed by atoms with Crippen LogP contribution in [0, 0.1) is 13.8 Å². The van der Waals surface area contributed by atoms with Crippen molar-refractivity contribution in [2.45, 2.75) is 45.1 Å². The molecule has 0 bridgehead atoms. The molecule has 1 aliphatic rings. The number of benzene rings is 1. The van der Waals surface area contributed by atoms with Gasteiger partial charge >= 0.3 is 0 Å². The molecule has 0 radical (unpaired) electrons. The lowest BCUT2D eigenvalue weighted by atomic mass is 9.99. The summed E-state index contributed by atoms with van der Waals surface area (Å²) in [4.78, 5) is 0. The van der Waals surface area contributed by atoms with E-state index in [-0.39, 0.29) is 5.60 Å². The van der Waals surface area contributed by atoms with Crippen molar-refractivity contribution in [1.82, 2.24) is 0 Å². The average molecular weight is 190 g/mol. The smallest absolute Gasteiger partial charge is 0.0653 e. The molecule has 1 aliphatic carbocycles. The molecule has 0 heterocycles. The Balaban J connectivity index is 2.02. The molecule has 1 nitrogen and oxygen atoms in total. The van der Waals surface area contributed by atoms with Gasteiger partial charge in [-0.15, -0.1) is 0 Å². The minimum absolute atomic E-state index is 0.308. The first kappa shape index (κ1) is 9.72. The molecule has 0 amide bonds. The van der Waals surface area contributed by atoms with Crippen molar-refractivity contribution in [2.24, 2.45) is 0 Å². The Hall–Kier alpha value is -0.820. The quantitative estimate of drug-likeness (QED) is 0.777. The van der Waals surface area contributed by atoms with Gasteiger partial charge in [-0.25, -0.2) is 0 Å². The zero-order valence-corrected chi connectivity index (χ0v) is 9.01. The minimum Gasteiger partial charge on any atom is -0.390 e. The molecule has 14 heavy (non-hydrogen) atoms. The van der Waals surface area contributed by atoms with Crippen molar-refractivity contribution in [3.05, 3.63) is 34.9 Å². The summed E-state index contributed by atoms with van der Waals surface area (Å²) in [5.74, 6) is 0. The molecule has 1 heteroatoms. The van der Waals surface area contributed by atoms with Gasteiger partial charge in [-0.1, -0.05) is 23.8 Å². The lowest BCUT2D eigenvalue weighted by Gasteiger charge is -2.09. The summed E-state index contributed by atoms with van der Waals surface area (Å²) in [5, 5.41) is 9.74. The van der Waals surface area contributed by atoms with Crippen molar-refractivity contribution in [1.29, 1.82) is 0 Å². The topological polar surface area (TPSA) is 20.2 Å². The van der Waals surface area contributed by atoms with E-state index in [1.54, 1.807) is 0 Å². The molecule has 0 aromatic heterocycles. The summed E-state index contributed by atoms with van der Waals surface area (Å²) in [6.45, 7) is 4.27. The van der Waals surface area contributed by atoms with E-state index < -0.39 is 0 Å². The van der Waals surface area contributed by atoms with Gasteiger partial charge in [0.15, 0.2) is 0 Å². The fourth-order valence-electron chi connectivity index (χ4n) is 1.89.